The summed E-state index contributed by atoms with van der Waals surface area (Å²) >= 11 is 0. The van der Waals surface area contributed by atoms with Gasteiger partial charge in [-0.25, -0.2) is 14.2 Å². The normalized spacial score (nSPS) is 19.1. The first-order valence-corrected chi connectivity index (χ1v) is 26.7. The number of ether oxygens (including phenoxy) is 3. The molecule has 0 saturated carbocycles. The van der Waals surface area contributed by atoms with Crippen molar-refractivity contribution < 1.29 is 23.4 Å². The van der Waals surface area contributed by atoms with E-state index in [2.05, 4.69) is 60.2 Å². The van der Waals surface area contributed by atoms with Gasteiger partial charge in [0.1, 0.15) is 30.6 Å². The van der Waals surface area contributed by atoms with Gasteiger partial charge in [0.25, 0.3) is 0 Å². The van der Waals surface area contributed by atoms with E-state index < -0.39 is 27.6 Å². The molecular formula is C40H58FN7O4Si2. The Morgan fingerprint density at radius 1 is 0.926 bits per heavy atom. The topological polar surface area (TPSA) is 107 Å². The Morgan fingerprint density at radius 2 is 1.57 bits per heavy atom. The van der Waals surface area contributed by atoms with Gasteiger partial charge in [-0.1, -0.05) is 45.3 Å². The molecule has 0 N–H and O–H groups in total. The highest BCUT2D eigenvalue weighted by Crippen LogP contribution is 2.44. The number of nitrogens with zero attached hydrogens (tertiary/aromatic N) is 7. The largest absolute Gasteiger partial charge is 0.444 e. The number of rotatable bonds is 14. The molecule has 292 valence electrons. The Labute approximate surface area is 321 Å². The van der Waals surface area contributed by atoms with Crippen molar-refractivity contribution in [3.05, 3.63) is 60.4 Å². The van der Waals surface area contributed by atoms with Crippen molar-refractivity contribution in [1.29, 1.82) is 0 Å². The number of piperidine rings is 1. The van der Waals surface area contributed by atoms with Gasteiger partial charge in [0.2, 0.25) is 0 Å². The fourth-order valence-electron chi connectivity index (χ4n) is 7.18. The zero-order valence-corrected chi connectivity index (χ0v) is 35.6. The first-order chi connectivity index (χ1) is 25.5. The van der Waals surface area contributed by atoms with E-state index in [1.165, 1.54) is 6.07 Å². The minimum Gasteiger partial charge on any atom is -0.444 e. The maximum Gasteiger partial charge on any atom is 0.410 e. The summed E-state index contributed by atoms with van der Waals surface area (Å²) < 4.78 is 35.0. The third kappa shape index (κ3) is 9.92. The maximum absolute atomic E-state index is 14.6. The lowest BCUT2D eigenvalue weighted by molar-refractivity contribution is 0.00568. The molecule has 2 unspecified atom stereocenters. The predicted molar refractivity (Wildman–Crippen MR) is 217 cm³/mol. The highest BCUT2D eigenvalue weighted by molar-refractivity contribution is 6.76. The minimum atomic E-state index is -1.30. The molecule has 2 aliphatic heterocycles. The van der Waals surface area contributed by atoms with Gasteiger partial charge in [-0.05, 0) is 76.7 Å². The number of amides is 1. The fourth-order valence-corrected chi connectivity index (χ4v) is 8.69. The lowest BCUT2D eigenvalue weighted by Gasteiger charge is -2.39. The molecule has 2 bridgehead atoms. The summed E-state index contributed by atoms with van der Waals surface area (Å²) in [7, 11) is -2.60. The van der Waals surface area contributed by atoms with Crippen LogP contribution >= 0.6 is 0 Å². The lowest BCUT2D eigenvalue weighted by atomic mass is 9.88. The number of carbonyl (C=O) groups excluding carboxylic acids is 1. The van der Waals surface area contributed by atoms with Gasteiger partial charge in [-0.3, -0.25) is 9.97 Å². The summed E-state index contributed by atoms with van der Waals surface area (Å²) in [6, 6.07) is 11.1. The van der Waals surface area contributed by atoms with Crippen LogP contribution in [0.1, 0.15) is 58.1 Å². The second-order valence-corrected chi connectivity index (χ2v) is 29.5. The molecule has 3 atom stereocenters. The van der Waals surface area contributed by atoms with Crippen molar-refractivity contribution >= 4 is 33.7 Å². The van der Waals surface area contributed by atoms with E-state index >= 15 is 0 Å². The third-order valence-corrected chi connectivity index (χ3v) is 13.5. The van der Waals surface area contributed by atoms with Crippen molar-refractivity contribution in [2.75, 3.05) is 31.6 Å². The Kier molecular flexibility index (Phi) is 12.0. The molecule has 2 saturated heterocycles. The molecule has 0 radical (unpaired) electrons. The number of carbonyl (C=O) groups is 1. The number of halogens is 1. The Bertz CT molecular complexity index is 1870. The number of anilines is 1. The summed E-state index contributed by atoms with van der Waals surface area (Å²) in [4.78, 5) is 31.6. The minimum absolute atomic E-state index is 0.0871. The molecule has 4 aromatic rings. The van der Waals surface area contributed by atoms with E-state index in [0.717, 1.165) is 60.4 Å². The molecule has 6 rings (SSSR count). The number of hydrogen-bond donors (Lipinski definition) is 0. The van der Waals surface area contributed by atoms with Crippen LogP contribution in [0.15, 0.2) is 48.9 Å². The van der Waals surface area contributed by atoms with E-state index in [0.29, 0.717) is 38.0 Å². The number of pyridine rings is 2. The van der Waals surface area contributed by atoms with Crippen molar-refractivity contribution in [1.82, 2.24) is 29.5 Å². The molecule has 2 aliphatic rings. The van der Waals surface area contributed by atoms with Crippen LogP contribution in [-0.4, -0.2) is 96.1 Å². The summed E-state index contributed by atoms with van der Waals surface area (Å²) in [5, 5.41) is 4.89. The zero-order valence-electron chi connectivity index (χ0n) is 33.6. The Balaban J connectivity index is 1.37. The van der Waals surface area contributed by atoms with Gasteiger partial charge in [0.05, 0.1) is 11.9 Å². The van der Waals surface area contributed by atoms with Gasteiger partial charge >= 0.3 is 6.09 Å². The van der Waals surface area contributed by atoms with Gasteiger partial charge in [-0.2, -0.15) is 9.61 Å². The van der Waals surface area contributed by atoms with E-state index in [1.807, 2.05) is 42.4 Å². The van der Waals surface area contributed by atoms with Gasteiger partial charge in [0, 0.05) is 82.6 Å². The smallest absolute Gasteiger partial charge is 0.410 e. The quantitative estimate of drug-likeness (QED) is 0.0705. The average molecular weight is 776 g/mol. The monoisotopic (exact) mass is 775 g/mol. The highest BCUT2D eigenvalue weighted by Gasteiger charge is 2.45. The van der Waals surface area contributed by atoms with Crippen molar-refractivity contribution in [3.8, 4) is 22.5 Å². The third-order valence-electron chi connectivity index (χ3n) is 10.1. The highest BCUT2D eigenvalue weighted by atomic mass is 28.3. The standard InChI is InChI=1S/C40H58FN7O4Si2/c1-40(2,3)52-39(49)47-30-13-14-31(47)22-29(21-30)35-23-36(46(26-50-17-19-53(4,5)6)27-51-18-20-54(7,8)9)48-38(45-35)32(25-44-48)28-12-15-34(43-24-28)37-33(41)11-10-16-42-37/h10-12,15-16,23-25,29-31H,13-14,17-22,26-27H2,1-9H3/t29?,30-,31?/m0/s1. The van der Waals surface area contributed by atoms with Crippen LogP contribution in [0, 0.1) is 5.82 Å². The van der Waals surface area contributed by atoms with Crippen LogP contribution in [0.4, 0.5) is 15.0 Å². The molecule has 0 spiro atoms. The second kappa shape index (κ2) is 16.2. The SMILES string of the molecule is CC(C)(C)OC(=O)N1C2CC[C@H]1CC(c1cc(N(COCC[Si](C)(C)C)COCC[Si](C)(C)C)n3ncc(-c4ccc(-c5ncccc5F)nc4)c3n1)C2. The fraction of sp³-hybridized carbons (Fsp3) is 0.575. The summed E-state index contributed by atoms with van der Waals surface area (Å²) in [5.41, 5.74) is 3.37. The first kappa shape index (κ1) is 40.0. The molecule has 0 aromatic carbocycles. The molecule has 14 heteroatoms. The van der Waals surface area contributed by atoms with E-state index in [1.54, 1.807) is 24.5 Å². The van der Waals surface area contributed by atoms with Gasteiger partial charge in [-0.15, -0.1) is 0 Å². The number of hydrogen-bond acceptors (Lipinski definition) is 9. The molecule has 11 nitrogen and oxygen atoms in total. The maximum atomic E-state index is 14.6. The van der Waals surface area contributed by atoms with Crippen LogP contribution in [-0.2, 0) is 14.2 Å². The molecule has 4 aromatic heterocycles. The molecular weight excluding hydrogens is 718 g/mol. The second-order valence-electron chi connectivity index (χ2n) is 18.3. The van der Waals surface area contributed by atoms with Crippen LogP contribution in [0.25, 0.3) is 28.2 Å². The molecule has 1 amide bonds. The van der Waals surface area contributed by atoms with E-state index in [-0.39, 0.29) is 29.8 Å². The van der Waals surface area contributed by atoms with Crippen LogP contribution < -0.4 is 4.90 Å². The van der Waals surface area contributed by atoms with Crippen LogP contribution in [0.2, 0.25) is 51.4 Å². The predicted octanol–water partition coefficient (Wildman–Crippen LogP) is 9.07. The molecule has 2 fully saturated rings. The summed E-state index contributed by atoms with van der Waals surface area (Å²) in [6.45, 7) is 21.9. The van der Waals surface area contributed by atoms with E-state index in [9.17, 15) is 9.18 Å². The van der Waals surface area contributed by atoms with Gasteiger partial charge in [0.15, 0.2) is 11.5 Å². The molecule has 0 aliphatic carbocycles. The van der Waals surface area contributed by atoms with Crippen molar-refractivity contribution in [2.45, 2.75) is 121 Å². The lowest BCUT2D eigenvalue weighted by Crippen LogP contribution is -2.48. The van der Waals surface area contributed by atoms with Gasteiger partial charge < -0.3 is 24.0 Å². The van der Waals surface area contributed by atoms with Crippen molar-refractivity contribution in [2.24, 2.45) is 0 Å². The van der Waals surface area contributed by atoms with Crippen LogP contribution in [0.3, 0.4) is 0 Å². The first-order valence-electron chi connectivity index (χ1n) is 19.3. The van der Waals surface area contributed by atoms with Crippen molar-refractivity contribution in [3.63, 3.8) is 0 Å². The zero-order chi connectivity index (χ0) is 38.8. The average Bonchev–Trinajstić information content (AvgIpc) is 3.63. The number of fused-ring (bicyclic) bond motifs is 3. The summed E-state index contributed by atoms with van der Waals surface area (Å²) in [5.74, 6) is 0.544. The van der Waals surface area contributed by atoms with E-state index in [4.69, 9.17) is 24.3 Å². The Hall–Kier alpha value is -3.73. The summed E-state index contributed by atoms with van der Waals surface area (Å²) in [6.07, 6.45) is 8.37. The van der Waals surface area contributed by atoms with Crippen LogP contribution in [0.5, 0.6) is 0 Å². The molecule has 6 heterocycles. The number of aromatic nitrogens is 5. The molecule has 54 heavy (non-hydrogen) atoms. The Morgan fingerprint density at radius 3 is 2.13 bits per heavy atom.